The van der Waals surface area contributed by atoms with Crippen molar-refractivity contribution in [3.63, 3.8) is 0 Å². The summed E-state index contributed by atoms with van der Waals surface area (Å²) < 4.78 is 0. The van der Waals surface area contributed by atoms with E-state index in [1.165, 1.54) is 24.8 Å². The van der Waals surface area contributed by atoms with Gasteiger partial charge in [0, 0.05) is 6.61 Å². The molecule has 100 valence electrons. The van der Waals surface area contributed by atoms with Gasteiger partial charge in [0.25, 0.3) is 0 Å². The predicted octanol–water partition coefficient (Wildman–Crippen LogP) is 3.90. The van der Waals surface area contributed by atoms with E-state index >= 15 is 0 Å². The Kier molecular flexibility index (Phi) is 12.1. The normalized spacial score (nSPS) is 9.17. The number of hydrogen-bond acceptors (Lipinski definition) is 1. The quantitative estimate of drug-likeness (QED) is 0.485. The van der Waals surface area contributed by atoms with Crippen molar-refractivity contribution in [3.8, 4) is 0 Å². The number of hydrogen-bond donors (Lipinski definition) is 1. The first-order valence-corrected chi connectivity index (χ1v) is 6.41. The van der Waals surface area contributed by atoms with Crippen molar-refractivity contribution in [1.82, 2.24) is 0 Å². The zero-order chi connectivity index (χ0) is 12.2. The molecular weight excluding hydrogens is 264 g/mol. The van der Waals surface area contributed by atoms with E-state index in [0.29, 0.717) is 6.61 Å². The summed E-state index contributed by atoms with van der Waals surface area (Å²) in [6.45, 7) is 0.344. The SMILES string of the molecule is OCCCCCCc1ccc[cH-]1.[Fe+2].c1cc[cH-]c1. The first kappa shape index (κ1) is 17.2. The molecule has 0 saturated heterocycles. The maximum atomic E-state index is 8.55. The van der Waals surface area contributed by atoms with Crippen LogP contribution in [0.2, 0.25) is 0 Å². The van der Waals surface area contributed by atoms with Crippen LogP contribution in [0.1, 0.15) is 31.2 Å². The molecule has 0 bridgehead atoms. The topological polar surface area (TPSA) is 20.2 Å². The molecular formula is C16H22FeO. The molecule has 0 fully saturated rings. The van der Waals surface area contributed by atoms with Crippen molar-refractivity contribution in [2.45, 2.75) is 32.1 Å². The second-order valence-corrected chi connectivity index (χ2v) is 4.14. The fourth-order valence-electron chi connectivity index (χ4n) is 1.70. The van der Waals surface area contributed by atoms with Crippen LogP contribution in [0, 0.1) is 0 Å². The summed E-state index contributed by atoms with van der Waals surface area (Å²) in [6.07, 6.45) is 5.81. The summed E-state index contributed by atoms with van der Waals surface area (Å²) in [5.74, 6) is 0. The third kappa shape index (κ3) is 9.23. The maximum absolute atomic E-state index is 8.55. The van der Waals surface area contributed by atoms with E-state index < -0.39 is 0 Å². The molecule has 0 amide bonds. The molecule has 0 heterocycles. The molecule has 0 aliphatic heterocycles. The number of aliphatic hydroxyl groups excluding tert-OH is 1. The minimum Gasteiger partial charge on any atom is -0.396 e. The summed E-state index contributed by atoms with van der Waals surface area (Å²) in [5.41, 5.74) is 1.44. The first-order chi connectivity index (χ1) is 8.43. The Morgan fingerprint density at radius 2 is 1.61 bits per heavy atom. The zero-order valence-corrected chi connectivity index (χ0v) is 11.8. The van der Waals surface area contributed by atoms with Gasteiger partial charge in [-0.2, -0.15) is 35.9 Å². The van der Waals surface area contributed by atoms with Crippen LogP contribution in [0.3, 0.4) is 0 Å². The second kappa shape index (κ2) is 12.6. The van der Waals surface area contributed by atoms with Crippen molar-refractivity contribution in [1.29, 1.82) is 0 Å². The van der Waals surface area contributed by atoms with Crippen molar-refractivity contribution in [2.75, 3.05) is 6.61 Å². The van der Waals surface area contributed by atoms with E-state index in [-0.39, 0.29) is 17.1 Å². The zero-order valence-electron chi connectivity index (χ0n) is 10.7. The average molecular weight is 286 g/mol. The second-order valence-electron chi connectivity index (χ2n) is 4.14. The standard InChI is InChI=1S/C11H17O.C5H5.Fe/c12-10-6-2-1-3-7-11-8-4-5-9-11;1-2-4-5-3-1;/h4-5,8-9,12H,1-3,6-7,10H2;1-5H;/q2*-1;+2. The van der Waals surface area contributed by atoms with Crippen LogP contribution in [0.4, 0.5) is 0 Å². The van der Waals surface area contributed by atoms with Gasteiger partial charge in [-0.3, -0.25) is 0 Å². The average Bonchev–Trinajstić information content (AvgIpc) is 3.05. The van der Waals surface area contributed by atoms with Crippen molar-refractivity contribution in [2.24, 2.45) is 0 Å². The van der Waals surface area contributed by atoms with Gasteiger partial charge in [0.15, 0.2) is 0 Å². The molecule has 1 N–H and O–H groups in total. The third-order valence-electron chi connectivity index (χ3n) is 2.66. The maximum Gasteiger partial charge on any atom is 2.00 e. The van der Waals surface area contributed by atoms with E-state index in [1.54, 1.807) is 0 Å². The Morgan fingerprint density at radius 3 is 2.11 bits per heavy atom. The smallest absolute Gasteiger partial charge is 0.396 e. The molecule has 2 aromatic rings. The van der Waals surface area contributed by atoms with Gasteiger partial charge in [-0.05, 0) is 6.42 Å². The number of rotatable bonds is 6. The Labute approximate surface area is 121 Å². The summed E-state index contributed by atoms with van der Waals surface area (Å²) in [6, 6.07) is 18.5. The molecule has 2 heteroatoms. The van der Waals surface area contributed by atoms with E-state index in [4.69, 9.17) is 5.11 Å². The number of aryl methyl sites for hydroxylation is 1. The fraction of sp³-hybridized carbons (Fsp3) is 0.375. The third-order valence-corrected chi connectivity index (χ3v) is 2.66. The van der Waals surface area contributed by atoms with E-state index in [2.05, 4.69) is 24.3 Å². The van der Waals surface area contributed by atoms with Gasteiger partial charge in [0.2, 0.25) is 0 Å². The van der Waals surface area contributed by atoms with Crippen molar-refractivity contribution in [3.05, 3.63) is 60.2 Å². The molecule has 0 spiro atoms. The van der Waals surface area contributed by atoms with Gasteiger partial charge in [-0.15, -0.1) is 0 Å². The van der Waals surface area contributed by atoms with Crippen LogP contribution >= 0.6 is 0 Å². The molecule has 1 nitrogen and oxygen atoms in total. The Bertz CT molecular complexity index is 307. The molecule has 0 atom stereocenters. The number of unbranched alkanes of at least 4 members (excludes halogenated alkanes) is 3. The Hall–Kier alpha value is -0.821. The van der Waals surface area contributed by atoms with Crippen LogP contribution in [0.5, 0.6) is 0 Å². The molecule has 0 saturated carbocycles. The van der Waals surface area contributed by atoms with Crippen LogP contribution in [-0.4, -0.2) is 11.7 Å². The molecule has 0 aromatic heterocycles. The fourth-order valence-corrected chi connectivity index (χ4v) is 1.70. The minimum atomic E-state index is 0. The van der Waals surface area contributed by atoms with Crippen molar-refractivity contribution < 1.29 is 22.2 Å². The minimum absolute atomic E-state index is 0. The van der Waals surface area contributed by atoms with Gasteiger partial charge in [-0.25, -0.2) is 24.3 Å². The first-order valence-electron chi connectivity index (χ1n) is 6.41. The number of aliphatic hydroxyl groups is 1. The van der Waals surface area contributed by atoms with Gasteiger partial charge in [0.05, 0.1) is 0 Å². The Morgan fingerprint density at radius 1 is 0.889 bits per heavy atom. The monoisotopic (exact) mass is 286 g/mol. The molecule has 18 heavy (non-hydrogen) atoms. The van der Waals surface area contributed by atoms with Gasteiger partial charge < -0.3 is 5.11 Å². The van der Waals surface area contributed by atoms with Crippen LogP contribution in [-0.2, 0) is 23.5 Å². The Balaban J connectivity index is 0.000000405. The molecule has 0 unspecified atom stereocenters. The molecule has 0 aliphatic rings. The molecule has 0 aliphatic carbocycles. The summed E-state index contributed by atoms with van der Waals surface area (Å²) in [5, 5.41) is 8.55. The van der Waals surface area contributed by atoms with E-state index in [0.717, 1.165) is 12.8 Å². The van der Waals surface area contributed by atoms with Gasteiger partial charge in [-0.1, -0.05) is 25.7 Å². The molecule has 0 radical (unpaired) electrons. The van der Waals surface area contributed by atoms with Crippen molar-refractivity contribution >= 4 is 0 Å². The summed E-state index contributed by atoms with van der Waals surface area (Å²) in [7, 11) is 0. The van der Waals surface area contributed by atoms with E-state index in [9.17, 15) is 0 Å². The summed E-state index contributed by atoms with van der Waals surface area (Å²) >= 11 is 0. The van der Waals surface area contributed by atoms with E-state index in [1.807, 2.05) is 30.3 Å². The molecule has 2 rings (SSSR count). The van der Waals surface area contributed by atoms with Crippen LogP contribution in [0.25, 0.3) is 0 Å². The largest absolute Gasteiger partial charge is 2.00 e. The van der Waals surface area contributed by atoms with Gasteiger partial charge >= 0.3 is 17.1 Å². The molecule has 2 aromatic carbocycles. The van der Waals surface area contributed by atoms with Crippen LogP contribution in [0.15, 0.2) is 54.6 Å². The summed E-state index contributed by atoms with van der Waals surface area (Å²) in [4.78, 5) is 0. The van der Waals surface area contributed by atoms with Crippen LogP contribution < -0.4 is 0 Å². The predicted molar refractivity (Wildman–Crippen MR) is 73.3 cm³/mol. The van der Waals surface area contributed by atoms with Gasteiger partial charge in [0.1, 0.15) is 0 Å².